The van der Waals surface area contributed by atoms with E-state index < -0.39 is 0 Å². The van der Waals surface area contributed by atoms with E-state index in [0.717, 1.165) is 18.4 Å². The van der Waals surface area contributed by atoms with E-state index in [-0.39, 0.29) is 7.43 Å². The van der Waals surface area contributed by atoms with E-state index in [0.29, 0.717) is 6.10 Å². The highest BCUT2D eigenvalue weighted by molar-refractivity contribution is 5.15. The molecule has 0 aliphatic carbocycles. The van der Waals surface area contributed by atoms with Gasteiger partial charge < -0.3 is 4.74 Å². The number of nitrogens with zero attached hydrogens (tertiary/aromatic N) is 1. The molecule has 0 fully saturated rings. The lowest BCUT2D eigenvalue weighted by Crippen LogP contribution is -2.01. The largest absolute Gasteiger partial charge is 0.374 e. The van der Waals surface area contributed by atoms with Crippen molar-refractivity contribution < 1.29 is 4.74 Å². The van der Waals surface area contributed by atoms with Gasteiger partial charge in [-0.3, -0.25) is 4.98 Å². The average molecular weight is 528 g/mol. The zero-order chi connectivity index (χ0) is 29.3. The molecule has 38 heavy (non-hydrogen) atoms. The average Bonchev–Trinajstić information content (AvgIpc) is 2.93. The van der Waals surface area contributed by atoms with Crippen LogP contribution < -0.4 is 0 Å². The topological polar surface area (TPSA) is 22.1 Å². The third-order valence-corrected chi connectivity index (χ3v) is 3.48. The zero-order valence-corrected chi connectivity index (χ0v) is 26.7. The van der Waals surface area contributed by atoms with Crippen LogP contribution in [0.1, 0.15) is 109 Å². The Labute approximate surface area is 240 Å². The number of aromatic nitrogens is 1. The van der Waals surface area contributed by atoms with Crippen molar-refractivity contribution in [3.63, 3.8) is 0 Å². The summed E-state index contributed by atoms with van der Waals surface area (Å²) in [6, 6.07) is 26.5. The first kappa shape index (κ1) is 45.5. The first-order chi connectivity index (χ1) is 17.8. The number of ether oxygens (including phenoxy) is 1. The van der Waals surface area contributed by atoms with Gasteiger partial charge in [-0.1, -0.05) is 150 Å². The van der Waals surface area contributed by atoms with Crippen molar-refractivity contribution in [2.45, 2.75) is 117 Å². The van der Waals surface area contributed by atoms with Crippen LogP contribution in [0, 0.1) is 11.8 Å². The van der Waals surface area contributed by atoms with Gasteiger partial charge in [0.25, 0.3) is 0 Å². The van der Waals surface area contributed by atoms with Crippen LogP contribution in [0.2, 0.25) is 0 Å². The summed E-state index contributed by atoms with van der Waals surface area (Å²) in [7, 11) is 0. The third-order valence-electron chi connectivity index (χ3n) is 3.48. The van der Waals surface area contributed by atoms with E-state index in [4.69, 9.17) is 4.74 Å². The van der Waals surface area contributed by atoms with Crippen LogP contribution in [0.4, 0.5) is 0 Å². The van der Waals surface area contributed by atoms with Gasteiger partial charge in [0.05, 0.1) is 12.7 Å². The highest BCUT2D eigenvalue weighted by atomic mass is 16.5. The van der Waals surface area contributed by atoms with Crippen molar-refractivity contribution in [2.75, 3.05) is 0 Å². The fourth-order valence-corrected chi connectivity index (χ4v) is 2.24. The van der Waals surface area contributed by atoms with Crippen LogP contribution in [-0.4, -0.2) is 11.1 Å². The van der Waals surface area contributed by atoms with E-state index in [2.05, 4.69) is 82.1 Å². The standard InChI is InChI=1S/C10H14O.C10H14.C5H5N.C4H10.3C2H6.CH4/c1-9(2)11-8-10-6-4-3-5-7-10;1-9(2)8-10-6-4-3-5-7-10;1-2-4-6-5-3-1;1-4(2)3;3*1-2;/h3-7,9H,8H2,1-2H3;3-7,9H,8H2,1-2H3;1-5H;4H,1-3H3;3*1-2H3;1H4. The Morgan fingerprint density at radius 1 is 0.553 bits per heavy atom. The summed E-state index contributed by atoms with van der Waals surface area (Å²) >= 11 is 0. The summed E-state index contributed by atoms with van der Waals surface area (Å²) in [4.78, 5) is 3.78. The van der Waals surface area contributed by atoms with Crippen LogP contribution in [0.25, 0.3) is 0 Å². The maximum absolute atomic E-state index is 5.43. The van der Waals surface area contributed by atoms with Crippen LogP contribution in [0.3, 0.4) is 0 Å². The lowest BCUT2D eigenvalue weighted by atomic mass is 10.0. The molecule has 220 valence electrons. The molecule has 0 amide bonds. The van der Waals surface area contributed by atoms with Gasteiger partial charge in [0.15, 0.2) is 0 Å². The fourth-order valence-electron chi connectivity index (χ4n) is 2.24. The van der Waals surface area contributed by atoms with Gasteiger partial charge in [-0.25, -0.2) is 0 Å². The Morgan fingerprint density at radius 3 is 1.16 bits per heavy atom. The molecule has 2 aromatic carbocycles. The summed E-state index contributed by atoms with van der Waals surface area (Å²) in [6.07, 6.45) is 5.01. The smallest absolute Gasteiger partial charge is 0.0720 e. The summed E-state index contributed by atoms with van der Waals surface area (Å²) < 4.78 is 5.43. The molecule has 0 saturated carbocycles. The Balaban J connectivity index is -0.000000124. The normalized spacial score (nSPS) is 8.42. The number of hydrogen-bond donors (Lipinski definition) is 0. The second-order valence-corrected chi connectivity index (χ2v) is 8.69. The molecule has 1 aromatic heterocycles. The predicted octanol–water partition coefficient (Wildman–Crippen LogP) is 12.0. The lowest BCUT2D eigenvalue weighted by molar-refractivity contribution is 0.0657. The monoisotopic (exact) mass is 528 g/mol. The molecule has 0 spiro atoms. The van der Waals surface area contributed by atoms with Crippen molar-refractivity contribution >= 4 is 0 Å². The molecule has 0 aliphatic rings. The maximum Gasteiger partial charge on any atom is 0.0720 e. The summed E-state index contributed by atoms with van der Waals surface area (Å²) in [5, 5.41) is 0. The van der Waals surface area contributed by atoms with Crippen LogP contribution in [0.15, 0.2) is 91.3 Å². The van der Waals surface area contributed by atoms with Gasteiger partial charge in [-0.2, -0.15) is 0 Å². The van der Waals surface area contributed by atoms with Gasteiger partial charge in [-0.05, 0) is 55.4 Å². The van der Waals surface area contributed by atoms with E-state index in [9.17, 15) is 0 Å². The van der Waals surface area contributed by atoms with Gasteiger partial charge in [0, 0.05) is 12.4 Å². The molecular weight excluding hydrogens is 462 g/mol. The van der Waals surface area contributed by atoms with Crippen molar-refractivity contribution in [2.24, 2.45) is 11.8 Å². The Hall–Kier alpha value is -2.45. The highest BCUT2D eigenvalue weighted by Crippen LogP contribution is 2.06. The van der Waals surface area contributed by atoms with E-state index in [1.807, 2.05) is 91.8 Å². The first-order valence-electron chi connectivity index (χ1n) is 14.4. The predicted molar refractivity (Wildman–Crippen MR) is 177 cm³/mol. The van der Waals surface area contributed by atoms with E-state index in [1.54, 1.807) is 12.4 Å². The molecule has 0 N–H and O–H groups in total. The lowest BCUT2D eigenvalue weighted by Gasteiger charge is -2.06. The fraction of sp³-hybridized carbons (Fsp3) is 0.528. The van der Waals surface area contributed by atoms with Crippen molar-refractivity contribution in [3.05, 3.63) is 102 Å². The summed E-state index contributed by atoms with van der Waals surface area (Å²) in [5.41, 5.74) is 2.68. The minimum Gasteiger partial charge on any atom is -0.374 e. The van der Waals surface area contributed by atoms with E-state index in [1.165, 1.54) is 17.5 Å². The number of pyridine rings is 1. The quantitative estimate of drug-likeness (QED) is 0.329. The zero-order valence-electron chi connectivity index (χ0n) is 26.7. The first-order valence-corrected chi connectivity index (χ1v) is 14.4. The van der Waals surface area contributed by atoms with Crippen molar-refractivity contribution in [1.29, 1.82) is 0 Å². The molecule has 3 aromatic rings. The summed E-state index contributed by atoms with van der Waals surface area (Å²) in [5.74, 6) is 1.60. The van der Waals surface area contributed by atoms with Crippen LogP contribution in [-0.2, 0) is 17.8 Å². The molecule has 0 bridgehead atoms. The molecule has 0 atom stereocenters. The Kier molecular flexibility index (Phi) is 46.7. The van der Waals surface area contributed by atoms with E-state index >= 15 is 0 Å². The minimum absolute atomic E-state index is 0. The van der Waals surface area contributed by atoms with Gasteiger partial charge in [-0.15, -0.1) is 0 Å². The SMILES string of the molecule is C.CC.CC.CC.CC(C)C.CC(C)Cc1ccccc1.CC(C)OCc1ccccc1.c1ccncc1. The van der Waals surface area contributed by atoms with Crippen LogP contribution >= 0.6 is 0 Å². The minimum atomic E-state index is 0. The van der Waals surface area contributed by atoms with Gasteiger partial charge in [0.2, 0.25) is 0 Å². The highest BCUT2D eigenvalue weighted by Gasteiger charge is 1.94. The molecular formula is C36H65NO. The molecule has 0 aliphatic heterocycles. The number of rotatable bonds is 5. The molecule has 1 heterocycles. The van der Waals surface area contributed by atoms with Gasteiger partial charge >= 0.3 is 0 Å². The van der Waals surface area contributed by atoms with Crippen molar-refractivity contribution in [1.82, 2.24) is 4.98 Å². The van der Waals surface area contributed by atoms with Crippen molar-refractivity contribution in [3.8, 4) is 0 Å². The molecule has 0 radical (unpaired) electrons. The molecule has 0 unspecified atom stereocenters. The summed E-state index contributed by atoms with van der Waals surface area (Å²) in [6.45, 7) is 27.8. The van der Waals surface area contributed by atoms with Crippen LogP contribution in [0.5, 0.6) is 0 Å². The third kappa shape index (κ3) is 43.6. The molecule has 2 heteroatoms. The molecule has 3 rings (SSSR count). The molecule has 0 saturated heterocycles. The second-order valence-electron chi connectivity index (χ2n) is 8.69. The maximum atomic E-state index is 5.43. The Bertz CT molecular complexity index is 681. The Morgan fingerprint density at radius 2 is 0.895 bits per heavy atom. The van der Waals surface area contributed by atoms with Gasteiger partial charge in [0.1, 0.15) is 0 Å². The number of benzene rings is 2. The number of hydrogen-bond acceptors (Lipinski definition) is 2. The molecule has 2 nitrogen and oxygen atoms in total. The second kappa shape index (κ2) is 39.1.